The molecule has 0 aliphatic heterocycles. The number of rotatable bonds is 8. The van der Waals surface area contributed by atoms with E-state index in [4.69, 9.17) is 16.2 Å². The first-order chi connectivity index (χ1) is 10.4. The van der Waals surface area contributed by atoms with Crippen LogP contribution >= 0.6 is 0 Å². The van der Waals surface area contributed by atoms with E-state index in [9.17, 15) is 14.4 Å². The third-order valence-corrected chi connectivity index (χ3v) is 2.70. The lowest BCUT2D eigenvalue weighted by Gasteiger charge is -2.10. The molecule has 0 saturated heterocycles. The predicted octanol–water partition coefficient (Wildman–Crippen LogP) is -0.719. The molecule has 0 fully saturated rings. The number of carbonyl (C=O) groups excluding carboxylic acids is 2. The van der Waals surface area contributed by atoms with Crippen molar-refractivity contribution in [2.24, 2.45) is 5.73 Å². The number of carboxylic acid groups (broad SMARTS) is 1. The first-order valence-corrected chi connectivity index (χ1v) is 6.45. The highest BCUT2D eigenvalue weighted by Crippen LogP contribution is 2.06. The number of aliphatic carboxylic acids is 1. The van der Waals surface area contributed by atoms with Gasteiger partial charge < -0.3 is 21.5 Å². The van der Waals surface area contributed by atoms with E-state index in [2.05, 4.69) is 10.6 Å². The van der Waals surface area contributed by atoms with E-state index in [1.165, 1.54) is 6.29 Å². The molecule has 1 atom stereocenters. The average molecular weight is 305 g/mol. The molecule has 0 aliphatic rings. The fraction of sp³-hybridized carbons (Fsp3) is 0.286. The summed E-state index contributed by atoms with van der Waals surface area (Å²) in [5.74, 6) is -1.81. The lowest BCUT2D eigenvalue weighted by molar-refractivity contribution is -0.137. The summed E-state index contributed by atoms with van der Waals surface area (Å²) < 4.78 is 0. The molecule has 8 heteroatoms. The fourth-order valence-electron chi connectivity index (χ4n) is 1.77. The van der Waals surface area contributed by atoms with Crippen LogP contribution in [0, 0.1) is 5.41 Å². The Morgan fingerprint density at radius 2 is 2.05 bits per heavy atom. The monoisotopic (exact) mass is 305 g/mol. The summed E-state index contributed by atoms with van der Waals surface area (Å²) in [4.78, 5) is 32.9. The number of amides is 1. The van der Waals surface area contributed by atoms with Gasteiger partial charge in [0.1, 0.15) is 6.04 Å². The molecule has 8 nitrogen and oxygen atoms in total. The largest absolute Gasteiger partial charge is 0.481 e. The van der Waals surface area contributed by atoms with Crippen LogP contribution in [-0.2, 0) is 27.3 Å². The summed E-state index contributed by atoms with van der Waals surface area (Å²) >= 11 is 0. The number of nitrogens with two attached hydrogens (primary N) is 1. The van der Waals surface area contributed by atoms with Crippen molar-refractivity contribution in [1.82, 2.24) is 10.6 Å². The highest BCUT2D eigenvalue weighted by atomic mass is 16.4. The van der Waals surface area contributed by atoms with Crippen LogP contribution in [0.25, 0.3) is 0 Å². The van der Waals surface area contributed by atoms with Gasteiger partial charge in [-0.25, -0.2) is 0 Å². The molecule has 0 saturated carbocycles. The van der Waals surface area contributed by atoms with Crippen LogP contribution in [0.1, 0.15) is 17.5 Å². The molecule has 117 valence electrons. The quantitative estimate of drug-likeness (QED) is 0.316. The van der Waals surface area contributed by atoms with Crippen molar-refractivity contribution in [2.45, 2.75) is 25.4 Å². The fourth-order valence-corrected chi connectivity index (χ4v) is 1.77. The summed E-state index contributed by atoms with van der Waals surface area (Å²) in [6.07, 6.45) is 0.987. The number of guanidine groups is 1. The van der Waals surface area contributed by atoms with Crippen LogP contribution in [0.5, 0.6) is 0 Å². The Labute approximate surface area is 127 Å². The van der Waals surface area contributed by atoms with Crippen molar-refractivity contribution in [1.29, 1.82) is 5.41 Å². The van der Waals surface area contributed by atoms with Gasteiger partial charge in [0, 0.05) is 6.54 Å². The third-order valence-electron chi connectivity index (χ3n) is 2.70. The molecule has 1 aromatic rings. The molecule has 0 spiro atoms. The van der Waals surface area contributed by atoms with Crippen molar-refractivity contribution in [3.8, 4) is 0 Å². The molecule has 0 aromatic heterocycles. The Morgan fingerprint density at radius 1 is 1.36 bits per heavy atom. The second kappa shape index (κ2) is 8.40. The van der Waals surface area contributed by atoms with E-state index in [0.29, 0.717) is 12.1 Å². The van der Waals surface area contributed by atoms with Gasteiger partial charge in [0.15, 0.2) is 5.96 Å². The number of carboxylic acids is 1. The smallest absolute Gasteiger partial charge is 0.305 e. The van der Waals surface area contributed by atoms with E-state index in [1.54, 1.807) is 18.2 Å². The van der Waals surface area contributed by atoms with Crippen molar-refractivity contribution in [3.63, 3.8) is 0 Å². The molecule has 1 rings (SSSR count). The van der Waals surface area contributed by atoms with Crippen molar-refractivity contribution in [3.05, 3.63) is 35.4 Å². The summed E-state index contributed by atoms with van der Waals surface area (Å²) in [7, 11) is 0. The number of benzene rings is 1. The minimum absolute atomic E-state index is 0.00567. The van der Waals surface area contributed by atoms with Gasteiger partial charge in [-0.05, 0) is 11.1 Å². The molecule has 1 radical (unpaired) electrons. The van der Waals surface area contributed by atoms with E-state index >= 15 is 0 Å². The number of carbonyl (C=O) groups is 2. The zero-order valence-electron chi connectivity index (χ0n) is 11.8. The van der Waals surface area contributed by atoms with Crippen molar-refractivity contribution < 1.29 is 19.5 Å². The Morgan fingerprint density at radius 3 is 2.64 bits per heavy atom. The van der Waals surface area contributed by atoms with E-state index < -0.39 is 24.3 Å². The zero-order valence-corrected chi connectivity index (χ0v) is 11.8. The maximum Gasteiger partial charge on any atom is 0.305 e. The second-order valence-electron chi connectivity index (χ2n) is 4.60. The van der Waals surface area contributed by atoms with Crippen LogP contribution in [0.15, 0.2) is 24.3 Å². The van der Waals surface area contributed by atoms with Gasteiger partial charge in [-0.1, -0.05) is 24.3 Å². The number of hydrogen-bond donors (Lipinski definition) is 5. The molecular formula is C14H17N4O4. The minimum atomic E-state index is -1.19. The van der Waals surface area contributed by atoms with E-state index in [1.807, 2.05) is 6.07 Å². The molecule has 0 aliphatic carbocycles. The average Bonchev–Trinajstić information content (AvgIpc) is 2.44. The summed E-state index contributed by atoms with van der Waals surface area (Å²) in [6, 6.07) is 5.89. The van der Waals surface area contributed by atoms with E-state index in [-0.39, 0.29) is 12.4 Å². The highest BCUT2D eigenvalue weighted by molar-refractivity contribution is 5.84. The maximum atomic E-state index is 11.8. The van der Waals surface area contributed by atoms with Gasteiger partial charge >= 0.3 is 5.97 Å². The highest BCUT2D eigenvalue weighted by Gasteiger charge is 2.16. The lowest BCUT2D eigenvalue weighted by Crippen LogP contribution is -2.38. The Balaban J connectivity index is 2.60. The van der Waals surface area contributed by atoms with Gasteiger partial charge in [0.05, 0.1) is 12.8 Å². The van der Waals surface area contributed by atoms with Crippen molar-refractivity contribution >= 4 is 24.1 Å². The SMILES string of the molecule is N=C(N)NCc1cccc(CC(=O)N[C@H]([C]=O)CC(=O)O)c1. The molecule has 0 bridgehead atoms. The Kier molecular flexibility index (Phi) is 6.55. The number of hydrogen-bond acceptors (Lipinski definition) is 4. The van der Waals surface area contributed by atoms with Gasteiger partial charge in [-0.15, -0.1) is 0 Å². The second-order valence-corrected chi connectivity index (χ2v) is 4.60. The Hall–Kier alpha value is -2.90. The molecule has 0 unspecified atom stereocenters. The summed E-state index contributed by atoms with van der Waals surface area (Å²) in [6.45, 7) is 0.356. The first kappa shape index (κ1) is 17.2. The lowest BCUT2D eigenvalue weighted by atomic mass is 10.1. The van der Waals surface area contributed by atoms with Crippen LogP contribution in [0.4, 0.5) is 0 Å². The molecule has 22 heavy (non-hydrogen) atoms. The normalized spacial score (nSPS) is 11.3. The topological polar surface area (TPSA) is 145 Å². The van der Waals surface area contributed by atoms with Crippen LogP contribution < -0.4 is 16.4 Å². The molecular weight excluding hydrogens is 288 g/mol. The maximum absolute atomic E-state index is 11.8. The predicted molar refractivity (Wildman–Crippen MR) is 78.8 cm³/mol. The van der Waals surface area contributed by atoms with Gasteiger partial charge in [0.25, 0.3) is 0 Å². The zero-order chi connectivity index (χ0) is 16.5. The van der Waals surface area contributed by atoms with Gasteiger partial charge in [0.2, 0.25) is 12.2 Å². The Bertz CT molecular complexity index is 574. The third kappa shape index (κ3) is 6.51. The minimum Gasteiger partial charge on any atom is -0.481 e. The molecule has 6 N–H and O–H groups in total. The molecule has 1 aromatic carbocycles. The van der Waals surface area contributed by atoms with Crippen LogP contribution in [0.2, 0.25) is 0 Å². The summed E-state index contributed by atoms with van der Waals surface area (Å²) in [5.41, 5.74) is 6.72. The molecule has 0 heterocycles. The van der Waals surface area contributed by atoms with Crippen LogP contribution in [0.3, 0.4) is 0 Å². The van der Waals surface area contributed by atoms with Crippen LogP contribution in [-0.4, -0.2) is 35.3 Å². The van der Waals surface area contributed by atoms with Crippen molar-refractivity contribution in [2.75, 3.05) is 0 Å². The first-order valence-electron chi connectivity index (χ1n) is 6.45. The van der Waals surface area contributed by atoms with Gasteiger partial charge in [-0.3, -0.25) is 19.8 Å². The summed E-state index contributed by atoms with van der Waals surface area (Å²) in [5, 5.41) is 20.6. The number of nitrogens with one attached hydrogen (secondary N) is 3. The van der Waals surface area contributed by atoms with Gasteiger partial charge in [-0.2, -0.15) is 0 Å². The van der Waals surface area contributed by atoms with E-state index in [0.717, 1.165) is 5.56 Å². The molecule has 1 amide bonds. The standard InChI is InChI=1S/C14H17N4O4/c15-14(16)17-7-10-3-1-2-9(4-10)5-12(20)18-11(8-19)6-13(21)22/h1-4,11H,5-7H2,(H,18,20)(H,21,22)(H4,15,16,17)/t11-/m0/s1.